The molecule has 1 amide bonds. The van der Waals surface area contributed by atoms with Gasteiger partial charge in [-0.05, 0) is 55.0 Å². The molecule has 0 radical (unpaired) electrons. The van der Waals surface area contributed by atoms with Gasteiger partial charge in [-0.15, -0.1) is 0 Å². The van der Waals surface area contributed by atoms with E-state index in [1.54, 1.807) is 54.7 Å². The van der Waals surface area contributed by atoms with Crippen LogP contribution in [0, 0.1) is 11.3 Å². The van der Waals surface area contributed by atoms with Crippen molar-refractivity contribution >= 4 is 23.6 Å². The van der Waals surface area contributed by atoms with Crippen LogP contribution >= 0.6 is 11.6 Å². The van der Waals surface area contributed by atoms with Gasteiger partial charge in [-0.2, -0.15) is 5.26 Å². The molecule has 0 bridgehead atoms. The predicted octanol–water partition coefficient (Wildman–Crippen LogP) is 5.73. The lowest BCUT2D eigenvalue weighted by Crippen LogP contribution is -2.28. The van der Waals surface area contributed by atoms with E-state index >= 15 is 0 Å². The SMILES string of the molecule is CC(=O)N[C@@H](C)/C=C/c1ccc(Oc2ccc(Oc3ccc(C#N)cc3)cc2Cl)nc1. The molecule has 0 aliphatic carbocycles. The van der Waals surface area contributed by atoms with Crippen molar-refractivity contribution in [3.63, 3.8) is 0 Å². The van der Waals surface area contributed by atoms with Gasteiger partial charge in [-0.3, -0.25) is 4.79 Å². The van der Waals surface area contributed by atoms with Crippen molar-refractivity contribution in [2.45, 2.75) is 19.9 Å². The maximum absolute atomic E-state index is 11.0. The number of amides is 1. The lowest BCUT2D eigenvalue weighted by atomic mass is 10.2. The van der Waals surface area contributed by atoms with Gasteiger partial charge in [0.05, 0.1) is 16.7 Å². The molecule has 0 fully saturated rings. The molecule has 7 heteroatoms. The first-order chi connectivity index (χ1) is 14.9. The van der Waals surface area contributed by atoms with Gasteiger partial charge in [0, 0.05) is 31.3 Å². The standard InChI is InChI=1S/C24H20ClN3O3/c1-16(28-17(2)29)3-4-19-7-12-24(27-15-19)31-23-11-10-21(13-22(23)25)30-20-8-5-18(14-26)6-9-20/h3-13,15-16H,1-2H3,(H,28,29)/b4-3+/t16-/m0/s1. The number of aromatic nitrogens is 1. The Morgan fingerprint density at radius 1 is 1.13 bits per heavy atom. The van der Waals surface area contributed by atoms with E-state index in [-0.39, 0.29) is 11.9 Å². The highest BCUT2D eigenvalue weighted by molar-refractivity contribution is 6.32. The van der Waals surface area contributed by atoms with Gasteiger partial charge in [0.15, 0.2) is 0 Å². The maximum atomic E-state index is 11.0. The average molecular weight is 434 g/mol. The summed E-state index contributed by atoms with van der Waals surface area (Å²) in [6.45, 7) is 3.37. The third kappa shape index (κ3) is 6.59. The lowest BCUT2D eigenvalue weighted by Gasteiger charge is -2.10. The summed E-state index contributed by atoms with van der Waals surface area (Å²) in [4.78, 5) is 15.3. The number of hydrogen-bond donors (Lipinski definition) is 1. The van der Waals surface area contributed by atoms with Crippen molar-refractivity contribution < 1.29 is 14.3 Å². The quantitative estimate of drug-likeness (QED) is 0.514. The van der Waals surface area contributed by atoms with E-state index in [2.05, 4.69) is 16.4 Å². The van der Waals surface area contributed by atoms with Crippen LogP contribution in [0.4, 0.5) is 0 Å². The van der Waals surface area contributed by atoms with Gasteiger partial charge in [0.25, 0.3) is 0 Å². The van der Waals surface area contributed by atoms with Crippen LogP contribution in [0.1, 0.15) is 25.0 Å². The Morgan fingerprint density at radius 2 is 1.87 bits per heavy atom. The van der Waals surface area contributed by atoms with Crippen LogP contribution in [-0.2, 0) is 4.79 Å². The number of hydrogen-bond acceptors (Lipinski definition) is 5. The summed E-state index contributed by atoms with van der Waals surface area (Å²) in [6.07, 6.45) is 5.42. The Kier molecular flexibility index (Phi) is 7.26. The molecule has 3 rings (SSSR count). The summed E-state index contributed by atoms with van der Waals surface area (Å²) in [7, 11) is 0. The minimum atomic E-state index is -0.0794. The van der Waals surface area contributed by atoms with Crippen molar-refractivity contribution in [3.05, 3.63) is 83.0 Å². The smallest absolute Gasteiger partial charge is 0.219 e. The number of carbonyl (C=O) groups excluding carboxylic acids is 1. The molecule has 31 heavy (non-hydrogen) atoms. The molecule has 0 saturated carbocycles. The summed E-state index contributed by atoms with van der Waals surface area (Å²) >= 11 is 6.33. The summed E-state index contributed by atoms with van der Waals surface area (Å²) < 4.78 is 11.5. The number of halogens is 1. The second-order valence-electron chi connectivity index (χ2n) is 6.71. The first-order valence-electron chi connectivity index (χ1n) is 9.50. The largest absolute Gasteiger partial charge is 0.457 e. The number of nitriles is 1. The fourth-order valence-electron chi connectivity index (χ4n) is 2.65. The lowest BCUT2D eigenvalue weighted by molar-refractivity contribution is -0.119. The predicted molar refractivity (Wildman–Crippen MR) is 119 cm³/mol. The second kappa shape index (κ2) is 10.3. The zero-order valence-electron chi connectivity index (χ0n) is 17.0. The molecule has 0 aliphatic heterocycles. The van der Waals surface area contributed by atoms with Crippen LogP contribution in [0.3, 0.4) is 0 Å². The highest BCUT2D eigenvalue weighted by Gasteiger charge is 2.07. The van der Waals surface area contributed by atoms with Crippen molar-refractivity contribution in [2.24, 2.45) is 0 Å². The van der Waals surface area contributed by atoms with Gasteiger partial charge >= 0.3 is 0 Å². The summed E-state index contributed by atoms with van der Waals surface area (Å²) in [6, 6.07) is 17.5. The third-order valence-electron chi connectivity index (χ3n) is 4.10. The molecule has 0 spiro atoms. The molecular formula is C24H20ClN3O3. The Labute approximate surface area is 185 Å². The van der Waals surface area contributed by atoms with E-state index in [1.807, 2.05) is 25.1 Å². The van der Waals surface area contributed by atoms with E-state index in [0.717, 1.165) is 5.56 Å². The van der Waals surface area contributed by atoms with Gasteiger partial charge < -0.3 is 14.8 Å². The highest BCUT2D eigenvalue weighted by Crippen LogP contribution is 2.33. The molecule has 1 atom stereocenters. The van der Waals surface area contributed by atoms with Crippen LogP contribution in [-0.4, -0.2) is 16.9 Å². The molecule has 6 nitrogen and oxygen atoms in total. The average Bonchev–Trinajstić information content (AvgIpc) is 2.75. The van der Waals surface area contributed by atoms with Crippen LogP contribution in [0.2, 0.25) is 5.02 Å². The highest BCUT2D eigenvalue weighted by atomic mass is 35.5. The maximum Gasteiger partial charge on any atom is 0.219 e. The van der Waals surface area contributed by atoms with Crippen molar-refractivity contribution in [1.29, 1.82) is 5.26 Å². The van der Waals surface area contributed by atoms with E-state index in [1.165, 1.54) is 6.92 Å². The normalized spacial score (nSPS) is 11.5. The Hall–Kier alpha value is -3.82. The van der Waals surface area contributed by atoms with Gasteiger partial charge in [0.1, 0.15) is 17.2 Å². The van der Waals surface area contributed by atoms with Gasteiger partial charge in [-0.25, -0.2) is 4.98 Å². The van der Waals surface area contributed by atoms with E-state index in [0.29, 0.717) is 33.7 Å². The Morgan fingerprint density at radius 3 is 2.48 bits per heavy atom. The van der Waals surface area contributed by atoms with Crippen molar-refractivity contribution in [3.8, 4) is 29.2 Å². The van der Waals surface area contributed by atoms with E-state index < -0.39 is 0 Å². The first kappa shape index (κ1) is 21.9. The van der Waals surface area contributed by atoms with Crippen LogP contribution in [0.15, 0.2) is 66.9 Å². The molecular weight excluding hydrogens is 414 g/mol. The van der Waals surface area contributed by atoms with Crippen molar-refractivity contribution in [2.75, 3.05) is 0 Å². The number of nitrogens with one attached hydrogen (secondary N) is 1. The second-order valence-corrected chi connectivity index (χ2v) is 7.12. The van der Waals surface area contributed by atoms with Crippen LogP contribution in [0.25, 0.3) is 6.08 Å². The molecule has 3 aromatic rings. The van der Waals surface area contributed by atoms with Crippen molar-refractivity contribution in [1.82, 2.24) is 10.3 Å². The zero-order valence-corrected chi connectivity index (χ0v) is 17.8. The Balaban J connectivity index is 1.62. The first-order valence-corrected chi connectivity index (χ1v) is 9.87. The molecule has 0 aliphatic rings. The van der Waals surface area contributed by atoms with E-state index in [4.69, 9.17) is 26.3 Å². The minimum Gasteiger partial charge on any atom is -0.457 e. The topological polar surface area (TPSA) is 84.2 Å². The summed E-state index contributed by atoms with van der Waals surface area (Å²) in [5.41, 5.74) is 1.44. The third-order valence-corrected chi connectivity index (χ3v) is 4.40. The van der Waals surface area contributed by atoms with Gasteiger partial charge in [-0.1, -0.05) is 23.8 Å². The molecule has 2 aromatic carbocycles. The molecule has 1 N–H and O–H groups in total. The summed E-state index contributed by atoms with van der Waals surface area (Å²) in [5.74, 6) is 1.91. The van der Waals surface area contributed by atoms with E-state index in [9.17, 15) is 4.79 Å². The zero-order chi connectivity index (χ0) is 22.2. The molecule has 0 saturated heterocycles. The Bertz CT molecular complexity index is 1120. The molecule has 0 unspecified atom stereocenters. The summed E-state index contributed by atoms with van der Waals surface area (Å²) in [5, 5.41) is 12.0. The van der Waals surface area contributed by atoms with Crippen LogP contribution in [0.5, 0.6) is 23.1 Å². The minimum absolute atomic E-state index is 0.0720. The van der Waals surface area contributed by atoms with Gasteiger partial charge in [0.2, 0.25) is 11.8 Å². The molecule has 1 heterocycles. The molecule has 1 aromatic heterocycles. The number of pyridine rings is 1. The fourth-order valence-corrected chi connectivity index (χ4v) is 2.86. The number of benzene rings is 2. The molecule has 156 valence electrons. The number of nitrogens with zero attached hydrogens (tertiary/aromatic N) is 2. The number of rotatable bonds is 7. The fraction of sp³-hybridized carbons (Fsp3) is 0.125. The number of carbonyl (C=O) groups is 1. The van der Waals surface area contributed by atoms with Crippen LogP contribution < -0.4 is 14.8 Å². The number of ether oxygens (including phenoxy) is 2. The monoisotopic (exact) mass is 433 g/mol.